The molecule has 5 nitrogen and oxygen atoms in total. The molecule has 0 spiro atoms. The van der Waals surface area contributed by atoms with Gasteiger partial charge in [-0.05, 0) is 24.3 Å². The van der Waals surface area contributed by atoms with E-state index < -0.39 is 10.0 Å². The van der Waals surface area contributed by atoms with E-state index in [4.69, 9.17) is 16.7 Å². The number of nitrogens with two attached hydrogens (primary N) is 1. The van der Waals surface area contributed by atoms with Crippen LogP contribution >= 0.6 is 11.6 Å². The summed E-state index contributed by atoms with van der Waals surface area (Å²) in [6.45, 7) is -0.0136. The van der Waals surface area contributed by atoms with Gasteiger partial charge in [0.2, 0.25) is 10.0 Å². The molecule has 0 saturated heterocycles. The largest absolute Gasteiger partial charge is 0.351 e. The van der Waals surface area contributed by atoms with Crippen molar-refractivity contribution >= 4 is 27.5 Å². The number of hydrogen-bond donors (Lipinski definition) is 2. The average molecular weight is 263 g/mol. The molecule has 3 N–H and O–H groups in total. The summed E-state index contributed by atoms with van der Waals surface area (Å²) in [5.41, 5.74) is 0.416. The van der Waals surface area contributed by atoms with Gasteiger partial charge in [0, 0.05) is 17.1 Å². The Hall–Kier alpha value is -1.11. The molecule has 0 heterocycles. The van der Waals surface area contributed by atoms with Crippen molar-refractivity contribution in [1.29, 1.82) is 0 Å². The molecule has 0 radical (unpaired) electrons. The van der Waals surface area contributed by atoms with Gasteiger partial charge in [-0.1, -0.05) is 11.6 Å². The number of halogens is 1. The molecule has 7 heteroatoms. The van der Waals surface area contributed by atoms with Gasteiger partial charge < -0.3 is 5.32 Å². The summed E-state index contributed by atoms with van der Waals surface area (Å²) in [5.74, 6) is -0.646. The van der Waals surface area contributed by atoms with Gasteiger partial charge in [0.05, 0.1) is 5.75 Å². The minimum absolute atomic E-state index is 0.0136. The predicted molar refractivity (Wildman–Crippen MR) is 61.8 cm³/mol. The van der Waals surface area contributed by atoms with E-state index in [2.05, 4.69) is 5.32 Å². The zero-order valence-corrected chi connectivity index (χ0v) is 9.88. The number of sulfonamides is 1. The first-order valence-corrected chi connectivity index (χ1v) is 6.52. The van der Waals surface area contributed by atoms with Crippen LogP contribution in [0.1, 0.15) is 10.4 Å². The summed E-state index contributed by atoms with van der Waals surface area (Å²) in [7, 11) is -3.54. The van der Waals surface area contributed by atoms with Crippen LogP contribution in [0.3, 0.4) is 0 Å². The Morgan fingerprint density at radius 3 is 2.38 bits per heavy atom. The molecule has 0 saturated carbocycles. The van der Waals surface area contributed by atoms with Gasteiger partial charge in [-0.2, -0.15) is 0 Å². The molecule has 0 aliphatic heterocycles. The zero-order valence-electron chi connectivity index (χ0n) is 8.31. The van der Waals surface area contributed by atoms with E-state index in [0.29, 0.717) is 10.6 Å². The van der Waals surface area contributed by atoms with E-state index in [9.17, 15) is 13.2 Å². The molecule has 0 aliphatic carbocycles. The highest BCUT2D eigenvalue weighted by atomic mass is 35.5. The number of benzene rings is 1. The molecule has 1 aromatic carbocycles. The second-order valence-corrected chi connectivity index (χ2v) is 5.30. The number of hydrogen-bond acceptors (Lipinski definition) is 3. The van der Waals surface area contributed by atoms with Crippen LogP contribution in [-0.4, -0.2) is 26.6 Å². The molecule has 0 bridgehead atoms. The van der Waals surface area contributed by atoms with Gasteiger partial charge in [0.1, 0.15) is 0 Å². The maximum absolute atomic E-state index is 11.5. The Kier molecular flexibility index (Phi) is 4.28. The Morgan fingerprint density at radius 1 is 1.31 bits per heavy atom. The van der Waals surface area contributed by atoms with Gasteiger partial charge in [-0.3, -0.25) is 4.79 Å². The molecule has 0 unspecified atom stereocenters. The van der Waals surface area contributed by atoms with Crippen LogP contribution in [-0.2, 0) is 10.0 Å². The Bertz CT molecular complexity index is 470. The van der Waals surface area contributed by atoms with Gasteiger partial charge in [0.15, 0.2) is 0 Å². The fourth-order valence-electron chi connectivity index (χ4n) is 1.01. The number of rotatable bonds is 4. The van der Waals surface area contributed by atoms with Gasteiger partial charge in [-0.15, -0.1) is 0 Å². The second-order valence-electron chi connectivity index (χ2n) is 3.13. The molecule has 88 valence electrons. The Balaban J connectivity index is 2.50. The number of carbonyl (C=O) groups excluding carboxylic acids is 1. The lowest BCUT2D eigenvalue weighted by atomic mass is 10.2. The first-order chi connectivity index (χ1) is 7.38. The molecule has 0 aliphatic rings. The van der Waals surface area contributed by atoms with E-state index in [0.717, 1.165) is 0 Å². The first kappa shape index (κ1) is 13.0. The fraction of sp³-hybridized carbons (Fsp3) is 0.222. The smallest absolute Gasteiger partial charge is 0.251 e. The van der Waals surface area contributed by atoms with Crippen LogP contribution in [0.5, 0.6) is 0 Å². The highest BCUT2D eigenvalue weighted by Gasteiger charge is 2.07. The third kappa shape index (κ3) is 4.61. The fourth-order valence-corrected chi connectivity index (χ4v) is 1.52. The van der Waals surface area contributed by atoms with Crippen molar-refractivity contribution in [2.75, 3.05) is 12.3 Å². The van der Waals surface area contributed by atoms with Crippen LogP contribution in [0.25, 0.3) is 0 Å². The van der Waals surface area contributed by atoms with Gasteiger partial charge in [-0.25, -0.2) is 13.6 Å². The SMILES string of the molecule is NS(=O)(=O)CCNC(=O)c1ccc(Cl)cc1. The highest BCUT2D eigenvalue weighted by molar-refractivity contribution is 7.89. The second kappa shape index (κ2) is 5.29. The minimum atomic E-state index is -3.54. The molecule has 1 rings (SSSR count). The standard InChI is InChI=1S/C9H11ClN2O3S/c10-8-3-1-7(2-4-8)9(13)12-5-6-16(11,14)15/h1-4H,5-6H2,(H,12,13)(H2,11,14,15). The van der Waals surface area contributed by atoms with Crippen molar-refractivity contribution in [3.63, 3.8) is 0 Å². The number of amides is 1. The Morgan fingerprint density at radius 2 is 1.88 bits per heavy atom. The van der Waals surface area contributed by atoms with Crippen LogP contribution in [0.2, 0.25) is 5.02 Å². The zero-order chi connectivity index (χ0) is 12.2. The van der Waals surface area contributed by atoms with Crippen molar-refractivity contribution in [2.45, 2.75) is 0 Å². The molecule has 0 atom stereocenters. The van der Waals surface area contributed by atoms with E-state index >= 15 is 0 Å². The minimum Gasteiger partial charge on any atom is -0.351 e. The molecular formula is C9H11ClN2O3S. The molecule has 16 heavy (non-hydrogen) atoms. The van der Waals surface area contributed by atoms with Crippen LogP contribution in [0, 0.1) is 0 Å². The van der Waals surface area contributed by atoms with Crippen molar-refractivity contribution in [3.8, 4) is 0 Å². The van der Waals surface area contributed by atoms with Crippen molar-refractivity contribution in [2.24, 2.45) is 5.14 Å². The summed E-state index contributed by atoms with van der Waals surface area (Å²) in [4.78, 5) is 11.5. The lowest BCUT2D eigenvalue weighted by molar-refractivity contribution is 0.0956. The average Bonchev–Trinajstić information content (AvgIpc) is 2.16. The van der Waals surface area contributed by atoms with Crippen LogP contribution in [0.15, 0.2) is 24.3 Å². The monoisotopic (exact) mass is 262 g/mol. The van der Waals surface area contributed by atoms with Crippen molar-refractivity contribution in [3.05, 3.63) is 34.9 Å². The van der Waals surface area contributed by atoms with E-state index in [-0.39, 0.29) is 18.2 Å². The quantitative estimate of drug-likeness (QED) is 0.821. The normalized spacial score (nSPS) is 11.1. The van der Waals surface area contributed by atoms with Gasteiger partial charge >= 0.3 is 0 Å². The number of primary sulfonamides is 1. The third-order valence-electron chi connectivity index (χ3n) is 1.78. The van der Waals surface area contributed by atoms with Gasteiger partial charge in [0.25, 0.3) is 5.91 Å². The predicted octanol–water partition coefficient (Wildman–Crippen LogP) is 0.358. The van der Waals surface area contributed by atoms with Crippen molar-refractivity contribution < 1.29 is 13.2 Å². The molecule has 1 aromatic rings. The lowest BCUT2D eigenvalue weighted by Gasteiger charge is -2.04. The molecule has 0 aromatic heterocycles. The van der Waals surface area contributed by atoms with E-state index in [1.54, 1.807) is 24.3 Å². The maximum atomic E-state index is 11.5. The maximum Gasteiger partial charge on any atom is 0.251 e. The van der Waals surface area contributed by atoms with Crippen LogP contribution < -0.4 is 10.5 Å². The number of carbonyl (C=O) groups is 1. The van der Waals surface area contributed by atoms with E-state index in [1.165, 1.54) is 0 Å². The summed E-state index contributed by atoms with van der Waals surface area (Å²) < 4.78 is 21.2. The number of nitrogens with one attached hydrogen (secondary N) is 1. The van der Waals surface area contributed by atoms with E-state index in [1.807, 2.05) is 0 Å². The summed E-state index contributed by atoms with van der Waals surface area (Å²) in [6.07, 6.45) is 0. The summed E-state index contributed by atoms with van der Waals surface area (Å²) in [6, 6.07) is 6.26. The highest BCUT2D eigenvalue weighted by Crippen LogP contribution is 2.09. The lowest BCUT2D eigenvalue weighted by Crippen LogP contribution is -2.31. The molecule has 1 amide bonds. The van der Waals surface area contributed by atoms with Crippen LogP contribution in [0.4, 0.5) is 0 Å². The molecule has 0 fully saturated rings. The topological polar surface area (TPSA) is 89.3 Å². The van der Waals surface area contributed by atoms with Crippen molar-refractivity contribution in [1.82, 2.24) is 5.32 Å². The summed E-state index contributed by atoms with van der Waals surface area (Å²) >= 11 is 5.65. The first-order valence-electron chi connectivity index (χ1n) is 4.43. The summed E-state index contributed by atoms with van der Waals surface area (Å²) in [5, 5.41) is 7.75. The molecular weight excluding hydrogens is 252 g/mol. The Labute approximate surface area is 98.6 Å². The third-order valence-corrected chi connectivity index (χ3v) is 2.80.